The summed E-state index contributed by atoms with van der Waals surface area (Å²) in [6.07, 6.45) is 1.37. The van der Waals surface area contributed by atoms with Gasteiger partial charge in [-0.2, -0.15) is 0 Å². The quantitative estimate of drug-likeness (QED) is 0.722. The van der Waals surface area contributed by atoms with Crippen molar-refractivity contribution in [3.8, 4) is 0 Å². The van der Waals surface area contributed by atoms with Crippen LogP contribution in [0.4, 0.5) is 10.5 Å². The Balaban J connectivity index is 2.09. The molecule has 0 radical (unpaired) electrons. The fourth-order valence-corrected chi connectivity index (χ4v) is 3.89. The van der Waals surface area contributed by atoms with E-state index in [1.165, 1.54) is 0 Å². The second-order valence-electron chi connectivity index (χ2n) is 6.32. The van der Waals surface area contributed by atoms with E-state index in [9.17, 15) is 18.0 Å². The van der Waals surface area contributed by atoms with Crippen LogP contribution in [0.1, 0.15) is 19.4 Å². The fourth-order valence-electron chi connectivity index (χ4n) is 3.01. The molecule has 1 heterocycles. The number of hydrogen-bond acceptors (Lipinski definition) is 5. The number of carbonyl (C=O) groups is 2. The first-order valence-electron chi connectivity index (χ1n) is 9.03. The fraction of sp³-hybridized carbons (Fsp3) is 0.556. The Morgan fingerprint density at radius 1 is 1.07 bits per heavy atom. The Hall–Kier alpha value is -2.29. The number of sulfonamides is 1. The Labute approximate surface area is 160 Å². The maximum atomic E-state index is 12.7. The Morgan fingerprint density at radius 3 is 2.22 bits per heavy atom. The molecule has 1 saturated heterocycles. The molecule has 1 fully saturated rings. The summed E-state index contributed by atoms with van der Waals surface area (Å²) >= 11 is 0. The molecular formula is C18H27N3O5S. The smallest absolute Gasteiger partial charge is 0.409 e. The van der Waals surface area contributed by atoms with Gasteiger partial charge < -0.3 is 14.5 Å². The zero-order chi connectivity index (χ0) is 20.0. The van der Waals surface area contributed by atoms with Crippen molar-refractivity contribution in [1.29, 1.82) is 0 Å². The summed E-state index contributed by atoms with van der Waals surface area (Å²) in [4.78, 5) is 27.6. The monoisotopic (exact) mass is 397 g/mol. The van der Waals surface area contributed by atoms with E-state index in [1.807, 2.05) is 19.1 Å². The highest BCUT2D eigenvalue weighted by Crippen LogP contribution is 2.23. The van der Waals surface area contributed by atoms with Gasteiger partial charge in [0.2, 0.25) is 15.9 Å². The average molecular weight is 397 g/mol. The van der Waals surface area contributed by atoms with Crippen LogP contribution in [0.5, 0.6) is 0 Å². The minimum Gasteiger partial charge on any atom is -0.450 e. The van der Waals surface area contributed by atoms with Gasteiger partial charge >= 0.3 is 6.09 Å². The molecule has 1 aliphatic rings. The molecule has 0 spiro atoms. The van der Waals surface area contributed by atoms with Crippen LogP contribution < -0.4 is 4.31 Å². The number of hydrogen-bond donors (Lipinski definition) is 0. The number of anilines is 1. The second-order valence-corrected chi connectivity index (χ2v) is 8.23. The summed E-state index contributed by atoms with van der Waals surface area (Å²) in [7, 11) is -3.61. The maximum absolute atomic E-state index is 12.7. The van der Waals surface area contributed by atoms with Crippen LogP contribution >= 0.6 is 0 Å². The average Bonchev–Trinajstić information content (AvgIpc) is 2.65. The summed E-state index contributed by atoms with van der Waals surface area (Å²) in [5.74, 6) is -0.283. The predicted octanol–water partition coefficient (Wildman–Crippen LogP) is 1.32. The summed E-state index contributed by atoms with van der Waals surface area (Å²) in [5.41, 5.74) is 1.39. The van der Waals surface area contributed by atoms with Gasteiger partial charge in [0.15, 0.2) is 0 Å². The van der Waals surface area contributed by atoms with E-state index in [-0.39, 0.29) is 18.5 Å². The third-order valence-electron chi connectivity index (χ3n) is 4.48. The molecule has 27 heavy (non-hydrogen) atoms. The molecule has 2 rings (SSSR count). The molecule has 150 valence electrons. The van der Waals surface area contributed by atoms with Crippen molar-refractivity contribution in [2.24, 2.45) is 0 Å². The zero-order valence-corrected chi connectivity index (χ0v) is 16.9. The van der Waals surface area contributed by atoms with Gasteiger partial charge in [0, 0.05) is 26.2 Å². The molecule has 1 aromatic carbocycles. The van der Waals surface area contributed by atoms with E-state index >= 15 is 0 Å². The number of rotatable bonds is 6. The standard InChI is InChI=1S/C18H27N3O5S/c1-4-15-8-6-7-9-16(15)21(27(3,24)25)14-17(22)19-10-12-20(13-11-19)18(23)26-5-2/h6-9H,4-5,10-14H2,1-3H3. The summed E-state index contributed by atoms with van der Waals surface area (Å²) < 4.78 is 30.8. The Kier molecular flexibility index (Phi) is 7.06. The first kappa shape index (κ1) is 21.0. The van der Waals surface area contributed by atoms with Crippen molar-refractivity contribution in [3.63, 3.8) is 0 Å². The topological polar surface area (TPSA) is 87.2 Å². The highest BCUT2D eigenvalue weighted by molar-refractivity contribution is 7.92. The first-order valence-corrected chi connectivity index (χ1v) is 10.9. The molecule has 0 atom stereocenters. The first-order chi connectivity index (χ1) is 12.8. The number of para-hydroxylation sites is 1. The molecule has 1 aliphatic heterocycles. The Morgan fingerprint density at radius 2 is 1.67 bits per heavy atom. The molecule has 0 aliphatic carbocycles. The largest absolute Gasteiger partial charge is 0.450 e. The third kappa shape index (κ3) is 5.35. The normalized spacial score (nSPS) is 14.8. The lowest BCUT2D eigenvalue weighted by Gasteiger charge is -2.35. The zero-order valence-electron chi connectivity index (χ0n) is 16.1. The van der Waals surface area contributed by atoms with Gasteiger partial charge in [0.05, 0.1) is 18.6 Å². The van der Waals surface area contributed by atoms with Crippen molar-refractivity contribution in [3.05, 3.63) is 29.8 Å². The van der Waals surface area contributed by atoms with Crippen LogP contribution in [-0.2, 0) is 26.0 Å². The van der Waals surface area contributed by atoms with E-state index in [0.29, 0.717) is 44.9 Å². The van der Waals surface area contributed by atoms with Crippen molar-refractivity contribution in [1.82, 2.24) is 9.80 Å². The number of nitrogens with zero attached hydrogens (tertiary/aromatic N) is 3. The molecule has 2 amide bonds. The molecule has 0 N–H and O–H groups in total. The number of amides is 2. The van der Waals surface area contributed by atoms with Crippen molar-refractivity contribution in [2.75, 3.05) is 49.9 Å². The number of carbonyl (C=O) groups excluding carboxylic acids is 2. The molecular weight excluding hydrogens is 370 g/mol. The lowest BCUT2D eigenvalue weighted by atomic mass is 10.1. The van der Waals surface area contributed by atoms with Gasteiger partial charge in [0.1, 0.15) is 6.54 Å². The van der Waals surface area contributed by atoms with Gasteiger partial charge in [-0.3, -0.25) is 9.10 Å². The van der Waals surface area contributed by atoms with Gasteiger partial charge in [0.25, 0.3) is 0 Å². The molecule has 0 saturated carbocycles. The second kappa shape index (κ2) is 9.07. The van der Waals surface area contributed by atoms with E-state index in [0.717, 1.165) is 16.1 Å². The van der Waals surface area contributed by atoms with E-state index in [1.54, 1.807) is 28.9 Å². The molecule has 0 bridgehead atoms. The van der Waals surface area contributed by atoms with Crippen molar-refractivity contribution < 1.29 is 22.7 Å². The van der Waals surface area contributed by atoms with E-state index in [4.69, 9.17) is 4.74 Å². The highest BCUT2D eigenvalue weighted by Gasteiger charge is 2.29. The van der Waals surface area contributed by atoms with Crippen LogP contribution in [0.25, 0.3) is 0 Å². The molecule has 1 aromatic rings. The van der Waals surface area contributed by atoms with Crippen LogP contribution in [0.2, 0.25) is 0 Å². The number of benzene rings is 1. The minimum atomic E-state index is -3.61. The lowest BCUT2D eigenvalue weighted by molar-refractivity contribution is -0.131. The number of ether oxygens (including phenoxy) is 1. The van der Waals surface area contributed by atoms with Crippen LogP contribution in [0.3, 0.4) is 0 Å². The lowest BCUT2D eigenvalue weighted by Crippen LogP contribution is -2.53. The SMILES string of the molecule is CCOC(=O)N1CCN(C(=O)CN(c2ccccc2CC)S(C)(=O)=O)CC1. The predicted molar refractivity (Wildman–Crippen MR) is 103 cm³/mol. The van der Waals surface area contributed by atoms with Crippen LogP contribution in [0.15, 0.2) is 24.3 Å². The summed E-state index contributed by atoms with van der Waals surface area (Å²) in [6, 6.07) is 7.18. The Bertz CT molecular complexity index is 773. The summed E-state index contributed by atoms with van der Waals surface area (Å²) in [6.45, 7) is 5.17. The molecule has 0 unspecified atom stereocenters. The summed E-state index contributed by atoms with van der Waals surface area (Å²) in [5, 5.41) is 0. The van der Waals surface area contributed by atoms with Crippen molar-refractivity contribution in [2.45, 2.75) is 20.3 Å². The minimum absolute atomic E-state index is 0.255. The van der Waals surface area contributed by atoms with Gasteiger partial charge in [-0.25, -0.2) is 13.2 Å². The van der Waals surface area contributed by atoms with Crippen LogP contribution in [0, 0.1) is 0 Å². The molecule has 0 aromatic heterocycles. The highest BCUT2D eigenvalue weighted by atomic mass is 32.2. The van der Waals surface area contributed by atoms with E-state index in [2.05, 4.69) is 0 Å². The number of piperazine rings is 1. The number of aryl methyl sites for hydroxylation is 1. The van der Waals surface area contributed by atoms with Gasteiger partial charge in [-0.05, 0) is 25.0 Å². The van der Waals surface area contributed by atoms with E-state index < -0.39 is 10.0 Å². The molecule has 8 nitrogen and oxygen atoms in total. The van der Waals surface area contributed by atoms with Gasteiger partial charge in [-0.1, -0.05) is 25.1 Å². The maximum Gasteiger partial charge on any atom is 0.409 e. The third-order valence-corrected chi connectivity index (χ3v) is 5.61. The van der Waals surface area contributed by atoms with Crippen molar-refractivity contribution >= 4 is 27.7 Å². The van der Waals surface area contributed by atoms with Gasteiger partial charge in [-0.15, -0.1) is 0 Å². The molecule has 9 heteroatoms. The van der Waals surface area contributed by atoms with Crippen LogP contribution in [-0.4, -0.2) is 75.8 Å².